The first-order chi connectivity index (χ1) is 15.8. The van der Waals surface area contributed by atoms with Crippen molar-refractivity contribution >= 4 is 11.9 Å². The van der Waals surface area contributed by atoms with Crippen LogP contribution in [-0.4, -0.2) is 52.0 Å². The van der Waals surface area contributed by atoms with Crippen LogP contribution in [0, 0.1) is 5.41 Å². The maximum atomic E-state index is 12.8. The van der Waals surface area contributed by atoms with Gasteiger partial charge in [0.15, 0.2) is 11.5 Å². The number of carbonyl (C=O) groups excluding carboxylic acids is 2. The number of nitrogens with one attached hydrogen (secondary N) is 1. The lowest BCUT2D eigenvalue weighted by Gasteiger charge is -2.26. The van der Waals surface area contributed by atoms with Crippen LogP contribution in [0.3, 0.4) is 0 Å². The Labute approximate surface area is 193 Å². The smallest absolute Gasteiger partial charge is 0.315 e. The van der Waals surface area contributed by atoms with Crippen LogP contribution in [0.15, 0.2) is 30.3 Å². The summed E-state index contributed by atoms with van der Waals surface area (Å²) >= 11 is 0. The van der Waals surface area contributed by atoms with Crippen LogP contribution in [-0.2, 0) is 20.8 Å². The van der Waals surface area contributed by atoms with Gasteiger partial charge in [-0.05, 0) is 49.2 Å². The number of esters is 1. The predicted molar refractivity (Wildman–Crippen MR) is 121 cm³/mol. The Morgan fingerprint density at radius 3 is 2.61 bits per heavy atom. The molecule has 0 radical (unpaired) electrons. The molecule has 33 heavy (non-hydrogen) atoms. The summed E-state index contributed by atoms with van der Waals surface area (Å²) in [5.41, 5.74) is 2.32. The van der Waals surface area contributed by atoms with Crippen LogP contribution in [0.2, 0.25) is 0 Å². The molecule has 0 aromatic heterocycles. The van der Waals surface area contributed by atoms with Gasteiger partial charge in [-0.1, -0.05) is 6.07 Å². The van der Waals surface area contributed by atoms with E-state index in [0.29, 0.717) is 49.0 Å². The summed E-state index contributed by atoms with van der Waals surface area (Å²) in [6.45, 7) is 5.14. The standard InChI is InChI=1S/C25H29NO7/c1-25(2,24(28)33-17-9-10-31-13-17)14-32-21-18(7-8-20(29-3)22(21)30-4)15-5-6-19-16(11-15)12-26-23(19)27/h5-8,11,17H,9-10,12-14H2,1-4H3,(H,26,27)/t17-/m0/s1. The predicted octanol–water partition coefficient (Wildman–Crippen LogP) is 3.35. The zero-order valence-electron chi connectivity index (χ0n) is 19.4. The fourth-order valence-electron chi connectivity index (χ4n) is 3.90. The number of ether oxygens (including phenoxy) is 5. The van der Waals surface area contributed by atoms with Gasteiger partial charge in [0.1, 0.15) is 12.7 Å². The quantitative estimate of drug-likeness (QED) is 0.610. The Balaban J connectivity index is 1.63. The molecule has 2 heterocycles. The van der Waals surface area contributed by atoms with Gasteiger partial charge < -0.3 is 29.0 Å². The van der Waals surface area contributed by atoms with Crippen molar-refractivity contribution in [2.75, 3.05) is 34.0 Å². The van der Waals surface area contributed by atoms with Crippen molar-refractivity contribution in [1.82, 2.24) is 5.32 Å². The van der Waals surface area contributed by atoms with Crippen LogP contribution in [0.25, 0.3) is 11.1 Å². The Morgan fingerprint density at radius 2 is 1.91 bits per heavy atom. The van der Waals surface area contributed by atoms with E-state index in [2.05, 4.69) is 5.32 Å². The molecule has 0 aliphatic carbocycles. The number of hydrogen-bond acceptors (Lipinski definition) is 7. The average Bonchev–Trinajstić information content (AvgIpc) is 3.46. The maximum Gasteiger partial charge on any atom is 0.315 e. The highest BCUT2D eigenvalue weighted by atomic mass is 16.6. The van der Waals surface area contributed by atoms with Gasteiger partial charge in [0, 0.05) is 24.1 Å². The van der Waals surface area contributed by atoms with Gasteiger partial charge in [-0.3, -0.25) is 9.59 Å². The van der Waals surface area contributed by atoms with E-state index in [0.717, 1.165) is 16.7 Å². The zero-order chi connectivity index (χ0) is 23.6. The lowest BCUT2D eigenvalue weighted by Crippen LogP contribution is -2.35. The minimum Gasteiger partial charge on any atom is -0.493 e. The summed E-state index contributed by atoms with van der Waals surface area (Å²) in [4.78, 5) is 24.7. The van der Waals surface area contributed by atoms with Gasteiger partial charge in [0.25, 0.3) is 5.91 Å². The fraction of sp³-hybridized carbons (Fsp3) is 0.440. The zero-order valence-corrected chi connectivity index (χ0v) is 19.4. The molecule has 8 heteroatoms. The topological polar surface area (TPSA) is 92.3 Å². The first-order valence-electron chi connectivity index (χ1n) is 10.9. The van der Waals surface area contributed by atoms with Gasteiger partial charge in [-0.2, -0.15) is 0 Å². The molecule has 1 atom stereocenters. The summed E-state index contributed by atoms with van der Waals surface area (Å²) < 4.78 is 28.2. The van der Waals surface area contributed by atoms with E-state index in [1.165, 1.54) is 0 Å². The van der Waals surface area contributed by atoms with E-state index in [4.69, 9.17) is 23.7 Å². The number of methoxy groups -OCH3 is 2. The highest BCUT2D eigenvalue weighted by molar-refractivity contribution is 5.99. The second kappa shape index (κ2) is 9.31. The highest BCUT2D eigenvalue weighted by Crippen LogP contribution is 2.45. The van der Waals surface area contributed by atoms with E-state index in [1.54, 1.807) is 40.2 Å². The minimum atomic E-state index is -0.901. The summed E-state index contributed by atoms with van der Waals surface area (Å²) in [5, 5.41) is 2.83. The summed E-state index contributed by atoms with van der Waals surface area (Å²) in [5.74, 6) is 0.978. The van der Waals surface area contributed by atoms with Crippen LogP contribution in [0.4, 0.5) is 0 Å². The van der Waals surface area contributed by atoms with Crippen molar-refractivity contribution in [3.05, 3.63) is 41.5 Å². The minimum absolute atomic E-state index is 0.0704. The molecule has 2 aliphatic heterocycles. The van der Waals surface area contributed by atoms with E-state index in [1.807, 2.05) is 18.2 Å². The summed E-state index contributed by atoms with van der Waals surface area (Å²) in [6.07, 6.45) is 0.480. The lowest BCUT2D eigenvalue weighted by molar-refractivity contribution is -0.161. The van der Waals surface area contributed by atoms with E-state index in [-0.39, 0.29) is 24.6 Å². The molecule has 4 rings (SSSR count). The largest absolute Gasteiger partial charge is 0.493 e. The van der Waals surface area contributed by atoms with Gasteiger partial charge in [0.2, 0.25) is 5.75 Å². The molecule has 0 bridgehead atoms. The molecule has 0 saturated carbocycles. The second-order valence-electron chi connectivity index (χ2n) is 8.80. The van der Waals surface area contributed by atoms with Crippen LogP contribution >= 0.6 is 0 Å². The van der Waals surface area contributed by atoms with Crippen molar-refractivity contribution in [3.63, 3.8) is 0 Å². The van der Waals surface area contributed by atoms with E-state index < -0.39 is 5.41 Å². The third-order valence-electron chi connectivity index (χ3n) is 5.89. The van der Waals surface area contributed by atoms with E-state index >= 15 is 0 Å². The lowest BCUT2D eigenvalue weighted by atomic mass is 9.94. The van der Waals surface area contributed by atoms with Crippen molar-refractivity contribution in [1.29, 1.82) is 0 Å². The highest BCUT2D eigenvalue weighted by Gasteiger charge is 2.34. The molecule has 176 valence electrons. The Bertz CT molecular complexity index is 1060. The van der Waals surface area contributed by atoms with Gasteiger partial charge in [-0.15, -0.1) is 0 Å². The Morgan fingerprint density at radius 1 is 1.12 bits per heavy atom. The van der Waals surface area contributed by atoms with Crippen LogP contribution in [0.1, 0.15) is 36.2 Å². The molecule has 1 fully saturated rings. The number of carbonyl (C=O) groups is 2. The Hall–Kier alpha value is -3.26. The molecule has 2 aromatic carbocycles. The molecular formula is C25H29NO7. The normalized spacial score (nSPS) is 17.3. The molecule has 8 nitrogen and oxygen atoms in total. The number of benzene rings is 2. The maximum absolute atomic E-state index is 12.8. The van der Waals surface area contributed by atoms with Crippen molar-refractivity contribution in [3.8, 4) is 28.4 Å². The first kappa shape index (κ1) is 22.9. The van der Waals surface area contributed by atoms with Crippen LogP contribution in [0.5, 0.6) is 17.2 Å². The molecule has 2 aliphatic rings. The van der Waals surface area contributed by atoms with Crippen molar-refractivity contribution in [2.45, 2.75) is 32.9 Å². The van der Waals surface area contributed by atoms with Gasteiger partial charge >= 0.3 is 5.97 Å². The summed E-state index contributed by atoms with van der Waals surface area (Å²) in [7, 11) is 3.10. The van der Waals surface area contributed by atoms with Crippen molar-refractivity contribution < 1.29 is 33.3 Å². The monoisotopic (exact) mass is 455 g/mol. The fourth-order valence-corrected chi connectivity index (χ4v) is 3.90. The average molecular weight is 456 g/mol. The summed E-state index contributed by atoms with van der Waals surface area (Å²) in [6, 6.07) is 9.32. The third-order valence-corrected chi connectivity index (χ3v) is 5.89. The first-order valence-corrected chi connectivity index (χ1v) is 10.9. The molecular weight excluding hydrogens is 426 g/mol. The molecule has 0 spiro atoms. The number of amides is 1. The van der Waals surface area contributed by atoms with E-state index in [9.17, 15) is 9.59 Å². The van der Waals surface area contributed by atoms with Gasteiger partial charge in [-0.25, -0.2) is 0 Å². The number of rotatable bonds is 8. The molecule has 1 saturated heterocycles. The molecule has 1 N–H and O–H groups in total. The third kappa shape index (κ3) is 4.61. The number of fused-ring (bicyclic) bond motifs is 1. The Kier molecular flexibility index (Phi) is 6.47. The second-order valence-corrected chi connectivity index (χ2v) is 8.80. The SMILES string of the molecule is COc1ccc(-c2ccc3c(c2)CNC3=O)c(OCC(C)(C)C(=O)O[C@H]2CCOC2)c1OC. The molecule has 1 amide bonds. The van der Waals surface area contributed by atoms with Crippen molar-refractivity contribution in [2.24, 2.45) is 5.41 Å². The molecule has 2 aromatic rings. The van der Waals surface area contributed by atoms with Gasteiger partial charge in [0.05, 0.1) is 32.8 Å². The van der Waals surface area contributed by atoms with Crippen LogP contribution < -0.4 is 19.5 Å². The molecule has 0 unspecified atom stereocenters. The number of hydrogen-bond donors (Lipinski definition) is 1.